The van der Waals surface area contributed by atoms with E-state index in [0.717, 1.165) is 38.1 Å². The largest absolute Gasteiger partial charge is 0.397 e. The third-order valence-electron chi connectivity index (χ3n) is 2.96. The van der Waals surface area contributed by atoms with Gasteiger partial charge in [0.1, 0.15) is 5.82 Å². The Morgan fingerprint density at radius 2 is 2.10 bits per heavy atom. The summed E-state index contributed by atoms with van der Waals surface area (Å²) in [5.74, 6) is 0.767. The quantitative estimate of drug-likeness (QED) is 0.724. The molecule has 0 aliphatic heterocycles. The molecule has 20 heavy (non-hydrogen) atoms. The molecule has 0 saturated carbocycles. The van der Waals surface area contributed by atoms with Crippen LogP contribution in [0.3, 0.4) is 0 Å². The number of hydrogen-bond acceptors (Lipinski definition) is 6. The summed E-state index contributed by atoms with van der Waals surface area (Å²) in [6.07, 6.45) is 1.76. The van der Waals surface area contributed by atoms with E-state index in [-0.39, 0.29) is 0 Å². The first-order chi connectivity index (χ1) is 9.61. The van der Waals surface area contributed by atoms with Crippen LogP contribution >= 0.6 is 11.3 Å². The molecule has 3 N–H and O–H groups in total. The van der Waals surface area contributed by atoms with Gasteiger partial charge in [0.15, 0.2) is 0 Å². The first-order valence-corrected chi connectivity index (χ1v) is 7.12. The Hall–Kier alpha value is -2.21. The molecule has 0 fully saturated rings. The average Bonchev–Trinajstić information content (AvgIpc) is 2.75. The first-order valence-electron chi connectivity index (χ1n) is 6.31. The van der Waals surface area contributed by atoms with Gasteiger partial charge in [-0.2, -0.15) is 0 Å². The lowest BCUT2D eigenvalue weighted by molar-refractivity contribution is 0.956. The van der Waals surface area contributed by atoms with E-state index in [4.69, 9.17) is 5.73 Å². The van der Waals surface area contributed by atoms with Crippen LogP contribution in [0.25, 0.3) is 10.2 Å². The Labute approximate surface area is 120 Å². The smallest absolute Gasteiger partial charge is 0.125 e. The van der Waals surface area contributed by atoms with Gasteiger partial charge in [-0.3, -0.25) is 0 Å². The topological polar surface area (TPSA) is 76.7 Å². The molecule has 0 unspecified atom stereocenters. The molecule has 5 nitrogen and oxygen atoms in total. The highest BCUT2D eigenvalue weighted by atomic mass is 32.1. The lowest BCUT2D eigenvalue weighted by Gasteiger charge is -2.09. The molecule has 0 aliphatic rings. The summed E-state index contributed by atoms with van der Waals surface area (Å²) in [5, 5.41) is 4.35. The number of thiazole rings is 1. The van der Waals surface area contributed by atoms with Gasteiger partial charge in [0.05, 0.1) is 38.8 Å². The van der Waals surface area contributed by atoms with Gasteiger partial charge in [0, 0.05) is 6.20 Å². The van der Waals surface area contributed by atoms with E-state index in [1.54, 1.807) is 17.5 Å². The van der Waals surface area contributed by atoms with E-state index < -0.39 is 0 Å². The third-order valence-corrected chi connectivity index (χ3v) is 3.89. The number of hydrogen-bond donors (Lipinski definition) is 2. The van der Waals surface area contributed by atoms with Crippen molar-refractivity contribution in [2.75, 3.05) is 11.1 Å². The Morgan fingerprint density at radius 1 is 1.25 bits per heavy atom. The fourth-order valence-electron chi connectivity index (χ4n) is 2.05. The molecule has 0 spiro atoms. The van der Waals surface area contributed by atoms with Crippen molar-refractivity contribution >= 4 is 32.9 Å². The monoisotopic (exact) mass is 285 g/mol. The number of benzene rings is 1. The molecule has 3 aromatic rings. The van der Waals surface area contributed by atoms with E-state index >= 15 is 0 Å². The van der Waals surface area contributed by atoms with Gasteiger partial charge in [-0.1, -0.05) is 0 Å². The summed E-state index contributed by atoms with van der Waals surface area (Å²) in [4.78, 5) is 12.9. The maximum Gasteiger partial charge on any atom is 0.125 e. The molecule has 2 aromatic heterocycles. The van der Waals surface area contributed by atoms with Gasteiger partial charge in [-0.05, 0) is 32.0 Å². The molecule has 3 rings (SSSR count). The molecule has 102 valence electrons. The van der Waals surface area contributed by atoms with Gasteiger partial charge in [-0.15, -0.1) is 11.3 Å². The predicted octanol–water partition coefficient (Wildman–Crippen LogP) is 2.90. The van der Waals surface area contributed by atoms with Crippen LogP contribution in [0.15, 0.2) is 24.4 Å². The highest BCUT2D eigenvalue weighted by Gasteiger charge is 2.06. The van der Waals surface area contributed by atoms with Crippen molar-refractivity contribution in [1.82, 2.24) is 15.0 Å². The van der Waals surface area contributed by atoms with Crippen molar-refractivity contribution in [3.05, 3.63) is 40.9 Å². The standard InChI is InChI=1S/C14H15N5S/c1-8-16-4-3-10(18-8)7-17-12-6-13-14(5-11(12)15)20-9(2)19-13/h3-6,17H,7,15H2,1-2H3. The highest BCUT2D eigenvalue weighted by Crippen LogP contribution is 2.29. The zero-order chi connectivity index (χ0) is 14.1. The Bertz CT molecular complexity index is 765. The minimum absolute atomic E-state index is 0.613. The molecule has 0 radical (unpaired) electrons. The molecule has 0 aliphatic carbocycles. The third kappa shape index (κ3) is 2.55. The van der Waals surface area contributed by atoms with Crippen molar-refractivity contribution in [3.8, 4) is 0 Å². The van der Waals surface area contributed by atoms with Gasteiger partial charge in [-0.25, -0.2) is 15.0 Å². The minimum atomic E-state index is 0.613. The summed E-state index contributed by atoms with van der Waals surface area (Å²) >= 11 is 1.65. The number of nitrogens with one attached hydrogen (secondary N) is 1. The zero-order valence-electron chi connectivity index (χ0n) is 11.3. The molecular weight excluding hydrogens is 270 g/mol. The summed E-state index contributed by atoms with van der Waals surface area (Å²) in [6.45, 7) is 4.49. The Balaban J connectivity index is 1.85. The minimum Gasteiger partial charge on any atom is -0.397 e. The molecule has 0 atom stereocenters. The van der Waals surface area contributed by atoms with Crippen LogP contribution < -0.4 is 11.1 Å². The number of nitrogens with two attached hydrogens (primary N) is 1. The number of nitrogen functional groups attached to an aromatic ring is 1. The van der Waals surface area contributed by atoms with Gasteiger partial charge < -0.3 is 11.1 Å². The molecule has 0 amide bonds. The fraction of sp³-hybridized carbons (Fsp3) is 0.214. The Kier molecular flexibility index (Phi) is 3.23. The van der Waals surface area contributed by atoms with E-state index in [2.05, 4.69) is 20.3 Å². The van der Waals surface area contributed by atoms with E-state index in [9.17, 15) is 0 Å². The zero-order valence-corrected chi connectivity index (χ0v) is 12.2. The lowest BCUT2D eigenvalue weighted by atomic mass is 10.2. The first kappa shape index (κ1) is 12.8. The van der Waals surface area contributed by atoms with Crippen LogP contribution in [-0.2, 0) is 6.54 Å². The van der Waals surface area contributed by atoms with Crippen LogP contribution in [0.2, 0.25) is 0 Å². The molecule has 0 bridgehead atoms. The second-order valence-corrected chi connectivity index (χ2v) is 5.82. The van der Waals surface area contributed by atoms with Crippen LogP contribution in [0.5, 0.6) is 0 Å². The Morgan fingerprint density at radius 3 is 2.90 bits per heavy atom. The molecule has 2 heterocycles. The van der Waals surface area contributed by atoms with Gasteiger partial charge >= 0.3 is 0 Å². The number of nitrogens with zero attached hydrogens (tertiary/aromatic N) is 3. The normalized spacial score (nSPS) is 10.9. The van der Waals surface area contributed by atoms with Crippen molar-refractivity contribution in [3.63, 3.8) is 0 Å². The van der Waals surface area contributed by atoms with Crippen molar-refractivity contribution in [2.45, 2.75) is 20.4 Å². The maximum atomic E-state index is 6.07. The highest BCUT2D eigenvalue weighted by molar-refractivity contribution is 7.18. The number of anilines is 2. The van der Waals surface area contributed by atoms with E-state index in [1.807, 2.05) is 32.0 Å². The van der Waals surface area contributed by atoms with Crippen LogP contribution in [0.4, 0.5) is 11.4 Å². The number of fused-ring (bicyclic) bond motifs is 1. The average molecular weight is 285 g/mol. The van der Waals surface area contributed by atoms with Crippen LogP contribution in [0, 0.1) is 13.8 Å². The molecule has 1 aromatic carbocycles. The van der Waals surface area contributed by atoms with Gasteiger partial charge in [0.25, 0.3) is 0 Å². The van der Waals surface area contributed by atoms with E-state index in [0.29, 0.717) is 6.54 Å². The predicted molar refractivity (Wildman–Crippen MR) is 82.9 cm³/mol. The number of rotatable bonds is 3. The SMILES string of the molecule is Cc1nccc(CNc2cc3nc(C)sc3cc2N)n1. The second-order valence-electron chi connectivity index (χ2n) is 4.59. The van der Waals surface area contributed by atoms with E-state index in [1.165, 1.54) is 0 Å². The summed E-state index contributed by atoms with van der Waals surface area (Å²) in [7, 11) is 0. The molecule has 6 heteroatoms. The maximum absolute atomic E-state index is 6.07. The van der Waals surface area contributed by atoms with Crippen molar-refractivity contribution < 1.29 is 0 Å². The van der Waals surface area contributed by atoms with Crippen LogP contribution in [-0.4, -0.2) is 15.0 Å². The second kappa shape index (κ2) is 5.05. The summed E-state index contributed by atoms with van der Waals surface area (Å²) in [5.41, 5.74) is 9.60. The van der Waals surface area contributed by atoms with Crippen molar-refractivity contribution in [2.24, 2.45) is 0 Å². The van der Waals surface area contributed by atoms with Gasteiger partial charge in [0.2, 0.25) is 0 Å². The fourth-order valence-corrected chi connectivity index (χ4v) is 2.90. The number of aromatic nitrogens is 3. The lowest BCUT2D eigenvalue weighted by Crippen LogP contribution is -2.05. The summed E-state index contributed by atoms with van der Waals surface area (Å²) in [6, 6.07) is 5.84. The van der Waals surface area contributed by atoms with Crippen LogP contribution in [0.1, 0.15) is 16.5 Å². The molecular formula is C14H15N5S. The molecule has 0 saturated heterocycles. The number of aryl methyl sites for hydroxylation is 2. The van der Waals surface area contributed by atoms with Crippen molar-refractivity contribution in [1.29, 1.82) is 0 Å². The summed E-state index contributed by atoms with van der Waals surface area (Å²) < 4.78 is 1.11.